The second-order valence-corrected chi connectivity index (χ2v) is 16.3. The van der Waals surface area contributed by atoms with Crippen molar-refractivity contribution in [1.82, 2.24) is 14.9 Å². The third kappa shape index (κ3) is 8.95. The summed E-state index contributed by atoms with van der Waals surface area (Å²) >= 11 is 13.8. The van der Waals surface area contributed by atoms with E-state index in [-0.39, 0.29) is 30.0 Å². The van der Waals surface area contributed by atoms with Gasteiger partial charge in [-0.1, -0.05) is 53.5 Å². The van der Waals surface area contributed by atoms with Crippen LogP contribution in [0.5, 0.6) is 0 Å². The van der Waals surface area contributed by atoms with Gasteiger partial charge >= 0.3 is 5.97 Å². The maximum absolute atomic E-state index is 13.6. The summed E-state index contributed by atoms with van der Waals surface area (Å²) in [5, 5.41) is 32.0. The molecule has 3 N–H and O–H groups in total. The molecule has 0 saturated heterocycles. The standard InChI is InChI=1S/C45H39Cl2N5O6S/c1-51(2)30-14-17-33-37(22-30)58-38-23-31(52(3)4)15-18-34(38)41(33)32-16-9-27(21-35(32)43(54)55)42(53)50-36(44(56)57)19-20-48-45-49-24-39(59-45)40(25-5-10-28(46)11-6-25)26-7-12-29(47)13-8-26/h5-18,21-24,36,40H,19-20H2,1-4H3,(H3-,48,49,50,53,54,55,56,57)/t36-/m0/s1. The highest BCUT2D eigenvalue weighted by atomic mass is 35.5. The summed E-state index contributed by atoms with van der Waals surface area (Å²) in [5.41, 5.74) is 4.75. The van der Waals surface area contributed by atoms with E-state index < -0.39 is 23.9 Å². The molecular formula is C45H39Cl2N5O6S. The zero-order valence-electron chi connectivity index (χ0n) is 32.5. The van der Waals surface area contributed by atoms with Crippen molar-refractivity contribution in [2.24, 2.45) is 0 Å². The van der Waals surface area contributed by atoms with Crippen LogP contribution in [0, 0.1) is 0 Å². The molecular weight excluding hydrogens is 809 g/mol. The van der Waals surface area contributed by atoms with Crippen LogP contribution < -0.4 is 30.6 Å². The van der Waals surface area contributed by atoms with Crippen molar-refractivity contribution in [1.29, 1.82) is 0 Å². The molecule has 0 spiro atoms. The second-order valence-electron chi connectivity index (χ2n) is 14.4. The Morgan fingerprint density at radius 2 is 1.54 bits per heavy atom. The summed E-state index contributed by atoms with van der Waals surface area (Å²) in [7, 11) is 7.65. The molecule has 1 amide bonds. The minimum atomic E-state index is -1.50. The van der Waals surface area contributed by atoms with Crippen LogP contribution in [0.4, 0.5) is 10.8 Å². The van der Waals surface area contributed by atoms with E-state index in [1.807, 2.05) is 123 Å². The third-order valence-corrected chi connectivity index (χ3v) is 11.5. The molecule has 2 aliphatic rings. The Labute approximate surface area is 354 Å². The molecule has 0 unspecified atom stereocenters. The number of thiazole rings is 1. The number of nitrogens with zero attached hydrogens (tertiary/aromatic N) is 3. The van der Waals surface area contributed by atoms with Gasteiger partial charge in [-0.05, 0) is 77.7 Å². The fraction of sp³-hybridized carbons (Fsp3) is 0.178. The fourth-order valence-corrected chi connectivity index (χ4v) is 8.19. The number of aromatic carboxylic acids is 1. The van der Waals surface area contributed by atoms with Crippen molar-refractivity contribution in [3.8, 4) is 22.5 Å². The smallest absolute Gasteiger partial charge is 0.326 e. The molecule has 1 atom stereocenters. The lowest BCUT2D eigenvalue weighted by Crippen LogP contribution is -2.42. The predicted molar refractivity (Wildman–Crippen MR) is 232 cm³/mol. The summed E-state index contributed by atoms with van der Waals surface area (Å²) in [4.78, 5) is 46.1. The maximum Gasteiger partial charge on any atom is 0.326 e. The monoisotopic (exact) mass is 847 g/mol. The highest BCUT2D eigenvalue weighted by Gasteiger charge is 2.25. The normalized spacial score (nSPS) is 11.8. The number of amides is 1. The van der Waals surface area contributed by atoms with E-state index in [4.69, 9.17) is 27.6 Å². The third-order valence-electron chi connectivity index (χ3n) is 10.0. The van der Waals surface area contributed by atoms with E-state index in [1.54, 1.807) is 12.3 Å². The quantitative estimate of drug-likeness (QED) is 0.0803. The maximum atomic E-state index is 13.6. The van der Waals surface area contributed by atoms with Gasteiger partial charge in [-0.3, -0.25) is 4.79 Å². The van der Waals surface area contributed by atoms with Gasteiger partial charge in [0.25, 0.3) is 5.91 Å². The number of nitrogens with one attached hydrogen (secondary N) is 2. The van der Waals surface area contributed by atoms with Gasteiger partial charge in [-0.15, -0.1) is 11.3 Å². The van der Waals surface area contributed by atoms with Crippen molar-refractivity contribution in [2.45, 2.75) is 18.4 Å². The molecule has 1 aliphatic carbocycles. The van der Waals surface area contributed by atoms with Crippen LogP contribution in [0.1, 0.15) is 49.1 Å². The number of hydrogen-bond acceptors (Lipinski definition) is 9. The molecule has 4 aromatic carbocycles. The van der Waals surface area contributed by atoms with Crippen molar-refractivity contribution in [2.75, 3.05) is 45.0 Å². The average molecular weight is 849 g/mol. The first-order valence-corrected chi connectivity index (χ1v) is 20.1. The van der Waals surface area contributed by atoms with Crippen LogP contribution in [0.25, 0.3) is 33.4 Å². The molecule has 7 rings (SSSR count). The number of carboxylic acid groups (broad SMARTS) is 2. The fourth-order valence-electron chi connectivity index (χ4n) is 6.94. The molecule has 14 heteroatoms. The largest absolute Gasteiger partial charge is 0.545 e. The van der Waals surface area contributed by atoms with Gasteiger partial charge in [0, 0.05) is 93.1 Å². The minimum Gasteiger partial charge on any atom is -0.545 e. The van der Waals surface area contributed by atoms with Gasteiger partial charge < -0.3 is 35.0 Å². The van der Waals surface area contributed by atoms with Gasteiger partial charge in [-0.2, -0.15) is 0 Å². The molecule has 1 aliphatic heterocycles. The van der Waals surface area contributed by atoms with E-state index >= 15 is 0 Å². The summed E-state index contributed by atoms with van der Waals surface area (Å²) < 4.78 is 8.32. The Kier molecular flexibility index (Phi) is 12.0. The Balaban J connectivity index is 1.12. The number of benzene rings is 5. The van der Waals surface area contributed by atoms with Crippen LogP contribution in [-0.4, -0.2) is 68.7 Å². The Hall–Kier alpha value is -6.21. The van der Waals surface area contributed by atoms with E-state index in [0.717, 1.165) is 27.0 Å². The number of hydrogen-bond donors (Lipinski definition) is 3. The van der Waals surface area contributed by atoms with Crippen LogP contribution in [-0.2, 0) is 4.79 Å². The van der Waals surface area contributed by atoms with Crippen LogP contribution in [0.3, 0.4) is 0 Å². The van der Waals surface area contributed by atoms with Crippen LogP contribution in [0.15, 0.2) is 114 Å². The second kappa shape index (κ2) is 17.3. The van der Waals surface area contributed by atoms with Gasteiger partial charge in [0.1, 0.15) is 31.5 Å². The number of aliphatic carboxylic acids is 1. The molecule has 0 saturated carbocycles. The van der Waals surface area contributed by atoms with Crippen molar-refractivity contribution in [3.05, 3.63) is 152 Å². The molecule has 300 valence electrons. The summed E-state index contributed by atoms with van der Waals surface area (Å²) in [6.45, 7) is 0.171. The van der Waals surface area contributed by atoms with Crippen LogP contribution >= 0.6 is 34.5 Å². The molecule has 1 aromatic heterocycles. The highest BCUT2D eigenvalue weighted by Crippen LogP contribution is 2.42. The first kappa shape index (κ1) is 41.0. The Bertz CT molecular complexity index is 2700. The van der Waals surface area contributed by atoms with Gasteiger partial charge in [0.15, 0.2) is 5.13 Å². The van der Waals surface area contributed by atoms with Gasteiger partial charge in [-0.25, -0.2) is 14.4 Å². The molecule has 0 fully saturated rings. The number of halogens is 2. The average Bonchev–Trinajstić information content (AvgIpc) is 3.68. The van der Waals surface area contributed by atoms with E-state index in [9.17, 15) is 24.6 Å². The predicted octanol–water partition coefficient (Wildman–Crippen LogP) is 7.29. The summed E-state index contributed by atoms with van der Waals surface area (Å²) in [6.07, 6.45) is 1.78. The van der Waals surface area contributed by atoms with Crippen LogP contribution in [0.2, 0.25) is 10.0 Å². The zero-order chi connectivity index (χ0) is 42.0. The van der Waals surface area contributed by atoms with Gasteiger partial charge in [0.2, 0.25) is 5.36 Å². The summed E-state index contributed by atoms with van der Waals surface area (Å²) in [6, 6.07) is 29.5. The van der Waals surface area contributed by atoms with E-state index in [2.05, 4.69) is 15.6 Å². The number of carboxylic acids is 2. The SMILES string of the molecule is CN(C)c1ccc2c(-c3ccc(C(=O)N[C@@H](CCNc4ncc(C(c5ccc(Cl)cc5)c5ccc(Cl)cc5)s4)C(=O)O)cc3C(=O)[O-])c3ccc(=[N+](C)C)cc-3oc2c1. The molecule has 0 bridgehead atoms. The topological polar surface area (TPSA) is 151 Å². The lowest BCUT2D eigenvalue weighted by atomic mass is 9.89. The number of anilines is 2. The van der Waals surface area contributed by atoms with Crippen molar-refractivity contribution < 1.29 is 29.0 Å². The first-order valence-electron chi connectivity index (χ1n) is 18.6. The van der Waals surface area contributed by atoms with Crippen molar-refractivity contribution >= 4 is 74.2 Å². The Morgan fingerprint density at radius 3 is 2.15 bits per heavy atom. The molecule has 5 aromatic rings. The van der Waals surface area contributed by atoms with Gasteiger partial charge in [0.05, 0.1) is 12.0 Å². The molecule has 59 heavy (non-hydrogen) atoms. The number of rotatable bonds is 13. The highest BCUT2D eigenvalue weighted by molar-refractivity contribution is 7.15. The van der Waals surface area contributed by atoms with E-state index in [0.29, 0.717) is 48.6 Å². The molecule has 0 radical (unpaired) electrons. The number of fused-ring (bicyclic) bond motifs is 2. The number of aromatic nitrogens is 1. The Morgan fingerprint density at radius 1 is 0.881 bits per heavy atom. The lowest BCUT2D eigenvalue weighted by Gasteiger charge is -2.20. The van der Waals surface area contributed by atoms with Crippen molar-refractivity contribution in [3.63, 3.8) is 0 Å². The lowest BCUT2D eigenvalue weighted by molar-refractivity contribution is -0.254. The van der Waals surface area contributed by atoms with E-state index in [1.165, 1.54) is 23.5 Å². The summed E-state index contributed by atoms with van der Waals surface area (Å²) in [5.74, 6) is -3.11. The zero-order valence-corrected chi connectivity index (χ0v) is 34.8. The number of carbonyl (C=O) groups excluding carboxylic acids is 2. The molecule has 11 nitrogen and oxygen atoms in total. The first-order chi connectivity index (χ1) is 28.3. The minimum absolute atomic E-state index is 0.00851. The number of carbonyl (C=O) groups is 3. The molecule has 2 heterocycles.